The molecule has 25 heavy (non-hydrogen) atoms. The van der Waals surface area contributed by atoms with Gasteiger partial charge in [0.15, 0.2) is 5.16 Å². The molecule has 2 rings (SSSR count). The first-order valence-corrected chi connectivity index (χ1v) is 8.73. The Morgan fingerprint density at radius 1 is 1.40 bits per heavy atom. The van der Waals surface area contributed by atoms with Crippen molar-refractivity contribution in [3.8, 4) is 0 Å². The van der Waals surface area contributed by atoms with Crippen LogP contribution in [0.1, 0.15) is 19.2 Å². The Hall–Kier alpha value is -2.68. The van der Waals surface area contributed by atoms with Crippen LogP contribution >= 0.6 is 11.8 Å². The average Bonchev–Trinajstić information content (AvgIpc) is 2.98. The predicted octanol–water partition coefficient (Wildman–Crippen LogP) is 3.06. The number of hydrogen-bond donors (Lipinski definition) is 1. The van der Waals surface area contributed by atoms with Crippen molar-refractivity contribution in [1.29, 1.82) is 0 Å². The Balaban J connectivity index is 1.85. The van der Waals surface area contributed by atoms with Gasteiger partial charge >= 0.3 is 0 Å². The molecule has 1 amide bonds. The van der Waals surface area contributed by atoms with E-state index in [1.165, 1.54) is 36.0 Å². The number of aryl methyl sites for hydroxylation is 1. The topological polar surface area (TPSA) is 103 Å². The first-order valence-electron chi connectivity index (χ1n) is 7.75. The zero-order valence-electron chi connectivity index (χ0n) is 13.8. The molecular weight excluding hydrogens is 342 g/mol. The van der Waals surface area contributed by atoms with Crippen molar-refractivity contribution in [3.05, 3.63) is 52.9 Å². The summed E-state index contributed by atoms with van der Waals surface area (Å²) in [6, 6.07) is 5.73. The molecule has 8 nitrogen and oxygen atoms in total. The normalized spacial score (nSPS) is 10.4. The van der Waals surface area contributed by atoms with Gasteiger partial charge < -0.3 is 9.88 Å². The van der Waals surface area contributed by atoms with Crippen LogP contribution in [-0.4, -0.2) is 31.3 Å². The van der Waals surface area contributed by atoms with E-state index in [4.69, 9.17) is 0 Å². The van der Waals surface area contributed by atoms with E-state index in [-0.39, 0.29) is 11.6 Å². The first kappa shape index (κ1) is 18.7. The summed E-state index contributed by atoms with van der Waals surface area (Å²) in [7, 11) is 0. The van der Waals surface area contributed by atoms with Gasteiger partial charge in [0.1, 0.15) is 5.82 Å². The molecule has 1 heterocycles. The molecule has 0 atom stereocenters. The first-order chi connectivity index (χ1) is 12.0. The molecule has 0 fully saturated rings. The second-order valence-electron chi connectivity index (χ2n) is 5.10. The third-order valence-electron chi connectivity index (χ3n) is 3.34. The number of amides is 1. The number of carbonyl (C=O) groups excluding carboxylic acids is 1. The minimum atomic E-state index is -0.480. The molecule has 0 aliphatic heterocycles. The molecule has 0 aliphatic carbocycles. The number of nitro benzene ring substituents is 1. The van der Waals surface area contributed by atoms with Gasteiger partial charge in [0.2, 0.25) is 5.91 Å². The van der Waals surface area contributed by atoms with Crippen LogP contribution in [-0.2, 0) is 17.8 Å². The van der Waals surface area contributed by atoms with Crippen LogP contribution in [0.2, 0.25) is 0 Å². The maximum atomic E-state index is 12.0. The molecule has 0 radical (unpaired) electrons. The molecule has 0 bridgehead atoms. The summed E-state index contributed by atoms with van der Waals surface area (Å²) < 4.78 is 1.98. The van der Waals surface area contributed by atoms with E-state index in [0.29, 0.717) is 24.4 Å². The third kappa shape index (κ3) is 5.15. The zero-order valence-corrected chi connectivity index (χ0v) is 14.7. The number of nitrogens with one attached hydrogen (secondary N) is 1. The molecule has 0 saturated carbocycles. The van der Waals surface area contributed by atoms with Crippen molar-refractivity contribution in [1.82, 2.24) is 14.8 Å². The van der Waals surface area contributed by atoms with Gasteiger partial charge in [0.25, 0.3) is 5.69 Å². The van der Waals surface area contributed by atoms with E-state index in [2.05, 4.69) is 22.1 Å². The lowest BCUT2D eigenvalue weighted by Gasteiger charge is -2.07. The number of allylic oxidation sites excluding steroid dienone is 1. The molecule has 0 spiro atoms. The summed E-state index contributed by atoms with van der Waals surface area (Å²) in [6.45, 7) is 6.37. The minimum absolute atomic E-state index is 0.0122. The van der Waals surface area contributed by atoms with Gasteiger partial charge in [0.05, 0.1) is 4.92 Å². The van der Waals surface area contributed by atoms with E-state index < -0.39 is 4.92 Å². The molecule has 1 aromatic heterocycles. The summed E-state index contributed by atoms with van der Waals surface area (Å²) in [4.78, 5) is 22.1. The van der Waals surface area contributed by atoms with Crippen molar-refractivity contribution < 1.29 is 9.72 Å². The third-order valence-corrected chi connectivity index (χ3v) is 4.31. The maximum Gasteiger partial charge on any atom is 0.269 e. The summed E-state index contributed by atoms with van der Waals surface area (Å²) in [5.41, 5.74) is 0.519. The lowest BCUT2D eigenvalue weighted by Crippen LogP contribution is -2.12. The van der Waals surface area contributed by atoms with Gasteiger partial charge in [-0.25, -0.2) is 0 Å². The van der Waals surface area contributed by atoms with E-state index in [1.54, 1.807) is 6.08 Å². The zero-order chi connectivity index (χ0) is 18.2. The molecule has 132 valence electrons. The molecule has 0 unspecified atom stereocenters. The fraction of sp³-hybridized carbons (Fsp3) is 0.312. The fourth-order valence-corrected chi connectivity index (χ4v) is 3.03. The molecule has 1 N–H and O–H groups in total. The number of nitro groups is 1. The Kier molecular flexibility index (Phi) is 6.70. The van der Waals surface area contributed by atoms with Crippen molar-refractivity contribution in [3.63, 3.8) is 0 Å². The molecule has 0 saturated heterocycles. The number of aromatic nitrogens is 3. The van der Waals surface area contributed by atoms with Gasteiger partial charge in [-0.2, -0.15) is 0 Å². The van der Waals surface area contributed by atoms with Crippen LogP contribution in [0.4, 0.5) is 11.4 Å². The van der Waals surface area contributed by atoms with Crippen LogP contribution in [0.15, 0.2) is 42.1 Å². The van der Waals surface area contributed by atoms with Gasteiger partial charge in [0, 0.05) is 43.0 Å². The number of thioether (sulfide) groups is 1. The molecule has 0 aliphatic rings. The lowest BCUT2D eigenvalue weighted by atomic mass is 10.3. The Morgan fingerprint density at radius 3 is 2.72 bits per heavy atom. The van der Waals surface area contributed by atoms with E-state index in [0.717, 1.165) is 17.4 Å². The maximum absolute atomic E-state index is 12.0. The van der Waals surface area contributed by atoms with Gasteiger partial charge in [-0.15, -0.1) is 16.8 Å². The minimum Gasteiger partial charge on any atom is -0.326 e. The number of carbonyl (C=O) groups is 1. The highest BCUT2D eigenvalue weighted by Crippen LogP contribution is 2.19. The summed E-state index contributed by atoms with van der Waals surface area (Å²) in [5.74, 6) is 1.28. The molecule has 2 aromatic rings. The van der Waals surface area contributed by atoms with Crippen molar-refractivity contribution in [2.24, 2.45) is 0 Å². The number of non-ortho nitro benzene ring substituents is 1. The lowest BCUT2D eigenvalue weighted by molar-refractivity contribution is -0.384. The summed E-state index contributed by atoms with van der Waals surface area (Å²) >= 11 is 1.46. The predicted molar refractivity (Wildman–Crippen MR) is 96.7 cm³/mol. The van der Waals surface area contributed by atoms with Crippen molar-refractivity contribution >= 4 is 29.0 Å². The smallest absolute Gasteiger partial charge is 0.269 e. The fourth-order valence-electron chi connectivity index (χ4n) is 2.12. The Morgan fingerprint density at radius 2 is 2.12 bits per heavy atom. The van der Waals surface area contributed by atoms with Crippen LogP contribution < -0.4 is 5.32 Å². The van der Waals surface area contributed by atoms with Crippen molar-refractivity contribution in [2.75, 3.05) is 11.1 Å². The van der Waals surface area contributed by atoms with Crippen LogP contribution in [0, 0.1) is 10.1 Å². The van der Waals surface area contributed by atoms with Crippen LogP contribution in [0.25, 0.3) is 0 Å². The SMILES string of the molecule is C=CCn1c(CC)nnc1SCCC(=O)Nc1ccc([N+](=O)[O-])cc1. The molecule has 9 heteroatoms. The summed E-state index contributed by atoms with van der Waals surface area (Å²) in [6.07, 6.45) is 2.86. The standard InChI is InChI=1S/C16H19N5O3S/c1-3-10-20-14(4-2)18-19-16(20)25-11-9-15(22)17-12-5-7-13(8-6-12)21(23)24/h3,5-8H,1,4,9-11H2,2H3,(H,17,22). The summed E-state index contributed by atoms with van der Waals surface area (Å²) in [5, 5.41) is 22.4. The number of nitrogens with zero attached hydrogens (tertiary/aromatic N) is 4. The Labute approximate surface area is 149 Å². The molecule has 1 aromatic carbocycles. The van der Waals surface area contributed by atoms with Crippen LogP contribution in [0.5, 0.6) is 0 Å². The van der Waals surface area contributed by atoms with Gasteiger partial charge in [-0.3, -0.25) is 14.9 Å². The number of rotatable bonds is 9. The highest BCUT2D eigenvalue weighted by atomic mass is 32.2. The largest absolute Gasteiger partial charge is 0.326 e. The Bertz CT molecular complexity index is 758. The number of hydrogen-bond acceptors (Lipinski definition) is 6. The number of anilines is 1. The van der Waals surface area contributed by atoms with Gasteiger partial charge in [-0.1, -0.05) is 24.8 Å². The highest BCUT2D eigenvalue weighted by molar-refractivity contribution is 7.99. The van der Waals surface area contributed by atoms with E-state index in [1.807, 2.05) is 11.5 Å². The average molecular weight is 361 g/mol. The second kappa shape index (κ2) is 8.97. The monoisotopic (exact) mass is 361 g/mol. The van der Waals surface area contributed by atoms with Crippen LogP contribution in [0.3, 0.4) is 0 Å². The molecular formula is C16H19N5O3S. The number of benzene rings is 1. The highest BCUT2D eigenvalue weighted by Gasteiger charge is 2.11. The van der Waals surface area contributed by atoms with Gasteiger partial charge in [-0.05, 0) is 12.1 Å². The second-order valence-corrected chi connectivity index (χ2v) is 6.16. The quantitative estimate of drug-likeness (QED) is 0.319. The van der Waals surface area contributed by atoms with E-state index in [9.17, 15) is 14.9 Å². The van der Waals surface area contributed by atoms with Crippen molar-refractivity contribution in [2.45, 2.75) is 31.5 Å². The van der Waals surface area contributed by atoms with E-state index >= 15 is 0 Å².